The molecular formula is C17H25N3O. The summed E-state index contributed by atoms with van der Waals surface area (Å²) in [4.78, 5) is 6.77. The van der Waals surface area contributed by atoms with Crippen molar-refractivity contribution < 1.29 is 4.74 Å². The highest BCUT2D eigenvalue weighted by Gasteiger charge is 2.07. The molecule has 0 fully saturated rings. The highest BCUT2D eigenvalue weighted by molar-refractivity contribution is 5.87. The molecule has 1 aromatic heterocycles. The quantitative estimate of drug-likeness (QED) is 0.849. The van der Waals surface area contributed by atoms with E-state index in [0.717, 1.165) is 30.0 Å². The lowest BCUT2D eigenvalue weighted by Gasteiger charge is -2.14. The molecule has 4 nitrogen and oxygen atoms in total. The van der Waals surface area contributed by atoms with E-state index in [1.54, 1.807) is 0 Å². The molecule has 2 rings (SSSR count). The molecule has 21 heavy (non-hydrogen) atoms. The summed E-state index contributed by atoms with van der Waals surface area (Å²) in [6.07, 6.45) is 0. The molecule has 0 aliphatic carbocycles. The predicted molar refractivity (Wildman–Crippen MR) is 87.8 cm³/mol. The van der Waals surface area contributed by atoms with Crippen molar-refractivity contribution in [2.75, 3.05) is 27.2 Å². The third-order valence-corrected chi connectivity index (χ3v) is 3.23. The van der Waals surface area contributed by atoms with Gasteiger partial charge in [-0.25, -0.2) is 4.98 Å². The zero-order valence-corrected chi connectivity index (χ0v) is 13.4. The number of nitrogens with zero attached hydrogens (tertiary/aromatic N) is 2. The third kappa shape index (κ3) is 4.69. The van der Waals surface area contributed by atoms with Crippen LogP contribution >= 0.6 is 0 Å². The summed E-state index contributed by atoms with van der Waals surface area (Å²) in [5, 5.41) is 5.65. The minimum atomic E-state index is 0.441. The Morgan fingerprint density at radius 2 is 2.00 bits per heavy atom. The second-order valence-electron chi connectivity index (χ2n) is 5.83. The van der Waals surface area contributed by atoms with Gasteiger partial charge < -0.3 is 15.0 Å². The lowest BCUT2D eigenvalue weighted by atomic mass is 10.1. The highest BCUT2D eigenvalue weighted by atomic mass is 16.5. The SMILES string of the molecule is CC(C)NCc1cc2ccccc2c(OCCN(C)C)n1. The summed E-state index contributed by atoms with van der Waals surface area (Å²) in [5.74, 6) is 0.732. The highest BCUT2D eigenvalue weighted by Crippen LogP contribution is 2.24. The fraction of sp³-hybridized carbons (Fsp3) is 0.471. The first-order chi connectivity index (χ1) is 10.1. The van der Waals surface area contributed by atoms with Gasteiger partial charge in [-0.3, -0.25) is 0 Å². The summed E-state index contributed by atoms with van der Waals surface area (Å²) >= 11 is 0. The number of hydrogen-bond acceptors (Lipinski definition) is 4. The van der Waals surface area contributed by atoms with Gasteiger partial charge in [0.25, 0.3) is 0 Å². The van der Waals surface area contributed by atoms with Crippen LogP contribution in [-0.4, -0.2) is 43.2 Å². The van der Waals surface area contributed by atoms with E-state index in [4.69, 9.17) is 4.74 Å². The van der Waals surface area contributed by atoms with Crippen molar-refractivity contribution in [3.8, 4) is 5.88 Å². The van der Waals surface area contributed by atoms with E-state index in [9.17, 15) is 0 Å². The van der Waals surface area contributed by atoms with Gasteiger partial charge >= 0.3 is 0 Å². The molecule has 0 aliphatic rings. The minimum Gasteiger partial charge on any atom is -0.476 e. The topological polar surface area (TPSA) is 37.4 Å². The van der Waals surface area contributed by atoms with Crippen LogP contribution in [0.1, 0.15) is 19.5 Å². The molecule has 1 aromatic carbocycles. The Labute approximate surface area is 127 Å². The fourth-order valence-electron chi connectivity index (χ4n) is 2.05. The van der Waals surface area contributed by atoms with Gasteiger partial charge in [0.15, 0.2) is 0 Å². The molecule has 0 saturated carbocycles. The number of nitrogens with one attached hydrogen (secondary N) is 1. The fourth-order valence-corrected chi connectivity index (χ4v) is 2.05. The molecule has 0 bridgehead atoms. The summed E-state index contributed by atoms with van der Waals surface area (Å²) in [6, 6.07) is 10.8. The summed E-state index contributed by atoms with van der Waals surface area (Å²) in [5.41, 5.74) is 1.02. The van der Waals surface area contributed by atoms with Crippen molar-refractivity contribution in [1.82, 2.24) is 15.2 Å². The van der Waals surface area contributed by atoms with Crippen LogP contribution in [0.2, 0.25) is 0 Å². The first kappa shape index (κ1) is 15.7. The van der Waals surface area contributed by atoms with E-state index in [1.807, 2.05) is 26.2 Å². The van der Waals surface area contributed by atoms with Gasteiger partial charge in [-0.2, -0.15) is 0 Å². The van der Waals surface area contributed by atoms with Gasteiger partial charge in [0.05, 0.1) is 5.69 Å². The Morgan fingerprint density at radius 1 is 1.24 bits per heavy atom. The van der Waals surface area contributed by atoms with Gasteiger partial charge in [-0.05, 0) is 31.6 Å². The minimum absolute atomic E-state index is 0.441. The summed E-state index contributed by atoms with van der Waals surface area (Å²) < 4.78 is 5.90. The summed E-state index contributed by atoms with van der Waals surface area (Å²) in [7, 11) is 4.08. The molecular weight excluding hydrogens is 262 g/mol. The number of pyridine rings is 1. The largest absolute Gasteiger partial charge is 0.476 e. The average molecular weight is 287 g/mol. The maximum Gasteiger partial charge on any atom is 0.221 e. The number of aromatic nitrogens is 1. The Morgan fingerprint density at radius 3 is 2.71 bits per heavy atom. The molecule has 2 aromatic rings. The molecule has 0 aliphatic heterocycles. The van der Waals surface area contributed by atoms with Crippen LogP contribution in [-0.2, 0) is 6.54 Å². The zero-order valence-electron chi connectivity index (χ0n) is 13.4. The molecule has 1 heterocycles. The molecule has 0 amide bonds. The van der Waals surface area contributed by atoms with Crippen LogP contribution in [0.4, 0.5) is 0 Å². The van der Waals surface area contributed by atoms with Crippen molar-refractivity contribution in [3.63, 3.8) is 0 Å². The Hall–Kier alpha value is -1.65. The van der Waals surface area contributed by atoms with Crippen molar-refractivity contribution in [3.05, 3.63) is 36.0 Å². The van der Waals surface area contributed by atoms with Gasteiger partial charge in [0, 0.05) is 24.5 Å². The van der Waals surface area contributed by atoms with Gasteiger partial charge in [-0.15, -0.1) is 0 Å². The maximum absolute atomic E-state index is 5.90. The van der Waals surface area contributed by atoms with E-state index < -0.39 is 0 Å². The Bertz CT molecular complexity index is 581. The predicted octanol–water partition coefficient (Wildman–Crippen LogP) is 2.67. The molecule has 0 spiro atoms. The molecule has 0 atom stereocenters. The number of ether oxygens (including phenoxy) is 1. The van der Waals surface area contributed by atoms with E-state index in [-0.39, 0.29) is 0 Å². The smallest absolute Gasteiger partial charge is 0.221 e. The van der Waals surface area contributed by atoms with E-state index in [2.05, 4.69) is 47.2 Å². The second-order valence-corrected chi connectivity index (χ2v) is 5.83. The Kier molecular flexibility index (Phi) is 5.53. The van der Waals surface area contributed by atoms with Crippen LogP contribution in [0.3, 0.4) is 0 Å². The van der Waals surface area contributed by atoms with Crippen molar-refractivity contribution in [2.24, 2.45) is 0 Å². The number of fused-ring (bicyclic) bond motifs is 1. The number of rotatable bonds is 7. The maximum atomic E-state index is 5.90. The molecule has 114 valence electrons. The molecule has 4 heteroatoms. The first-order valence-corrected chi connectivity index (χ1v) is 7.46. The van der Waals surface area contributed by atoms with Gasteiger partial charge in [0.2, 0.25) is 5.88 Å². The van der Waals surface area contributed by atoms with Crippen LogP contribution in [0.5, 0.6) is 5.88 Å². The van der Waals surface area contributed by atoms with E-state index in [0.29, 0.717) is 12.6 Å². The van der Waals surface area contributed by atoms with Gasteiger partial charge in [-0.1, -0.05) is 32.0 Å². The van der Waals surface area contributed by atoms with Crippen molar-refractivity contribution in [2.45, 2.75) is 26.4 Å². The first-order valence-electron chi connectivity index (χ1n) is 7.46. The zero-order chi connectivity index (χ0) is 15.2. The summed E-state index contributed by atoms with van der Waals surface area (Å²) in [6.45, 7) is 6.55. The lowest BCUT2D eigenvalue weighted by Crippen LogP contribution is -2.23. The van der Waals surface area contributed by atoms with Crippen molar-refractivity contribution in [1.29, 1.82) is 0 Å². The standard InChI is InChI=1S/C17H25N3O/c1-13(2)18-12-15-11-14-7-5-6-8-16(14)17(19-15)21-10-9-20(3)4/h5-8,11,13,18H,9-10,12H2,1-4H3. The van der Waals surface area contributed by atoms with Gasteiger partial charge in [0.1, 0.15) is 6.61 Å². The normalized spacial score (nSPS) is 11.5. The Balaban J connectivity index is 2.22. The van der Waals surface area contributed by atoms with Crippen LogP contribution in [0.15, 0.2) is 30.3 Å². The number of likely N-dealkylation sites (N-methyl/N-ethyl adjacent to an activating group) is 1. The van der Waals surface area contributed by atoms with E-state index >= 15 is 0 Å². The monoisotopic (exact) mass is 287 g/mol. The lowest BCUT2D eigenvalue weighted by molar-refractivity contribution is 0.256. The van der Waals surface area contributed by atoms with Crippen LogP contribution < -0.4 is 10.1 Å². The van der Waals surface area contributed by atoms with E-state index in [1.165, 1.54) is 5.39 Å². The third-order valence-electron chi connectivity index (χ3n) is 3.23. The average Bonchev–Trinajstić information content (AvgIpc) is 2.44. The second kappa shape index (κ2) is 7.38. The molecule has 0 radical (unpaired) electrons. The molecule has 1 N–H and O–H groups in total. The number of benzene rings is 1. The number of hydrogen-bond donors (Lipinski definition) is 1. The van der Waals surface area contributed by atoms with Crippen LogP contribution in [0.25, 0.3) is 10.8 Å². The molecule has 0 saturated heterocycles. The molecule has 0 unspecified atom stereocenters. The van der Waals surface area contributed by atoms with Crippen LogP contribution in [0, 0.1) is 0 Å². The van der Waals surface area contributed by atoms with Crippen molar-refractivity contribution >= 4 is 10.8 Å².